The lowest BCUT2D eigenvalue weighted by Gasteiger charge is -1.99. The van der Waals surface area contributed by atoms with Crippen LogP contribution in [0.25, 0.3) is 10.2 Å². The summed E-state index contributed by atoms with van der Waals surface area (Å²) in [5.41, 5.74) is 1.50. The fourth-order valence-electron chi connectivity index (χ4n) is 1.46. The molecule has 0 atom stereocenters. The average molecular weight is 283 g/mol. The predicted octanol–water partition coefficient (Wildman–Crippen LogP) is 2.60. The highest BCUT2D eigenvalue weighted by Crippen LogP contribution is 2.28. The third-order valence-corrected chi connectivity index (χ3v) is 3.23. The lowest BCUT2D eigenvalue weighted by atomic mass is 10.3. The molecule has 0 saturated heterocycles. The second-order valence-electron chi connectivity index (χ2n) is 3.81. The summed E-state index contributed by atoms with van der Waals surface area (Å²) >= 11 is 1.35. The highest BCUT2D eigenvalue weighted by molar-refractivity contribution is 7.22. The summed E-state index contributed by atoms with van der Waals surface area (Å²) in [4.78, 5) is 15.2. The number of amides is 1. The maximum atomic E-state index is 11.0. The molecular weight excluding hydrogens is 274 g/mol. The van der Waals surface area contributed by atoms with Gasteiger partial charge in [-0.2, -0.15) is 10.5 Å². The van der Waals surface area contributed by atoms with Crippen LogP contribution in [0, 0.1) is 22.7 Å². The molecule has 2 aromatic rings. The fourth-order valence-corrected chi connectivity index (χ4v) is 2.41. The number of aromatic nitrogens is 1. The van der Waals surface area contributed by atoms with Crippen molar-refractivity contribution in [2.24, 2.45) is 0 Å². The Hall–Kier alpha value is -2.90. The highest BCUT2D eigenvalue weighted by atomic mass is 32.1. The van der Waals surface area contributed by atoms with Crippen molar-refractivity contribution in [1.82, 2.24) is 4.98 Å². The van der Waals surface area contributed by atoms with Gasteiger partial charge in [0.1, 0.15) is 17.7 Å². The van der Waals surface area contributed by atoms with E-state index in [0.29, 0.717) is 5.13 Å². The number of thiazole rings is 1. The molecule has 0 saturated carbocycles. The van der Waals surface area contributed by atoms with E-state index in [-0.39, 0.29) is 11.5 Å². The first-order chi connectivity index (χ1) is 9.62. The van der Waals surface area contributed by atoms with Crippen LogP contribution in [0.4, 0.5) is 10.8 Å². The van der Waals surface area contributed by atoms with Gasteiger partial charge in [-0.3, -0.25) is 4.79 Å². The third-order valence-electron chi connectivity index (χ3n) is 2.30. The standard InChI is InChI=1S/C13H9N5OS/c1-8(19)17-13-18-11-3-2-10(4-12(11)20-13)16-7-9(5-14)6-15/h2-4,7,16H,1H3,(H,17,18,19). The number of carbonyl (C=O) groups is 1. The van der Waals surface area contributed by atoms with E-state index in [1.54, 1.807) is 24.3 Å². The number of carbonyl (C=O) groups excluding carboxylic acids is 1. The number of anilines is 2. The van der Waals surface area contributed by atoms with Crippen molar-refractivity contribution in [2.75, 3.05) is 10.6 Å². The molecule has 0 aliphatic carbocycles. The van der Waals surface area contributed by atoms with E-state index in [4.69, 9.17) is 10.5 Å². The minimum absolute atomic E-state index is 0.00617. The van der Waals surface area contributed by atoms with Crippen LogP contribution in [-0.2, 0) is 4.79 Å². The Morgan fingerprint density at radius 2 is 2.15 bits per heavy atom. The van der Waals surface area contributed by atoms with E-state index in [9.17, 15) is 4.79 Å². The van der Waals surface area contributed by atoms with Crippen LogP contribution in [0.5, 0.6) is 0 Å². The molecule has 2 N–H and O–H groups in total. The van der Waals surface area contributed by atoms with Crippen LogP contribution in [-0.4, -0.2) is 10.9 Å². The van der Waals surface area contributed by atoms with Crippen molar-refractivity contribution in [1.29, 1.82) is 10.5 Å². The molecule has 0 unspecified atom stereocenters. The highest BCUT2D eigenvalue weighted by Gasteiger charge is 2.05. The Kier molecular flexibility index (Phi) is 3.94. The molecule has 7 heteroatoms. The number of rotatable bonds is 3. The first-order valence-corrected chi connectivity index (χ1v) is 6.39. The van der Waals surface area contributed by atoms with Crippen molar-refractivity contribution in [3.63, 3.8) is 0 Å². The Bertz CT molecular complexity index is 762. The van der Waals surface area contributed by atoms with Crippen LogP contribution in [0.3, 0.4) is 0 Å². The number of nitrogens with zero attached hydrogens (tertiary/aromatic N) is 3. The normalized spacial score (nSPS) is 9.35. The Morgan fingerprint density at radius 1 is 1.40 bits per heavy atom. The molecule has 1 aromatic heterocycles. The van der Waals surface area contributed by atoms with Crippen molar-refractivity contribution >= 4 is 38.3 Å². The average Bonchev–Trinajstić information content (AvgIpc) is 2.80. The van der Waals surface area contributed by atoms with E-state index >= 15 is 0 Å². The molecular formula is C13H9N5OS. The molecule has 0 aliphatic heterocycles. The van der Waals surface area contributed by atoms with Gasteiger partial charge in [-0.15, -0.1) is 0 Å². The third kappa shape index (κ3) is 3.10. The monoisotopic (exact) mass is 283 g/mol. The summed E-state index contributed by atoms with van der Waals surface area (Å²) in [7, 11) is 0. The van der Waals surface area contributed by atoms with Crippen LogP contribution in [0.2, 0.25) is 0 Å². The van der Waals surface area contributed by atoms with Gasteiger partial charge in [0.25, 0.3) is 0 Å². The smallest absolute Gasteiger partial charge is 0.223 e. The quantitative estimate of drug-likeness (QED) is 0.843. The number of nitriles is 2. The molecule has 0 bridgehead atoms. The number of benzene rings is 1. The molecule has 0 aliphatic rings. The lowest BCUT2D eigenvalue weighted by molar-refractivity contribution is -0.114. The van der Waals surface area contributed by atoms with E-state index in [1.807, 2.05) is 6.07 Å². The zero-order valence-electron chi connectivity index (χ0n) is 10.5. The van der Waals surface area contributed by atoms with Gasteiger partial charge in [-0.25, -0.2) is 4.98 Å². The largest absolute Gasteiger partial charge is 0.360 e. The Balaban J connectivity index is 2.26. The van der Waals surface area contributed by atoms with E-state index < -0.39 is 0 Å². The van der Waals surface area contributed by atoms with Gasteiger partial charge in [0.2, 0.25) is 5.91 Å². The molecule has 0 fully saturated rings. The molecule has 0 radical (unpaired) electrons. The first-order valence-electron chi connectivity index (χ1n) is 5.57. The van der Waals surface area contributed by atoms with Gasteiger partial charge in [0.15, 0.2) is 5.13 Å². The molecule has 1 heterocycles. The fraction of sp³-hybridized carbons (Fsp3) is 0.0769. The number of allylic oxidation sites excluding steroid dienone is 1. The Morgan fingerprint density at radius 3 is 2.80 bits per heavy atom. The molecule has 1 amide bonds. The molecule has 98 valence electrons. The summed E-state index contributed by atoms with van der Waals surface area (Å²) in [5.74, 6) is -0.168. The molecule has 1 aromatic carbocycles. The minimum atomic E-state index is -0.168. The molecule has 0 spiro atoms. The zero-order valence-corrected chi connectivity index (χ0v) is 11.3. The van der Waals surface area contributed by atoms with Gasteiger partial charge in [0, 0.05) is 18.8 Å². The summed E-state index contributed by atoms with van der Waals surface area (Å²) in [6.07, 6.45) is 1.34. The van der Waals surface area contributed by atoms with E-state index in [2.05, 4.69) is 15.6 Å². The van der Waals surface area contributed by atoms with Gasteiger partial charge >= 0.3 is 0 Å². The second kappa shape index (κ2) is 5.83. The van der Waals surface area contributed by atoms with E-state index in [1.165, 1.54) is 24.5 Å². The number of fused-ring (bicyclic) bond motifs is 1. The van der Waals surface area contributed by atoms with Crippen LogP contribution >= 0.6 is 11.3 Å². The van der Waals surface area contributed by atoms with Crippen molar-refractivity contribution in [3.05, 3.63) is 30.0 Å². The summed E-state index contributed by atoms with van der Waals surface area (Å²) < 4.78 is 0.891. The van der Waals surface area contributed by atoms with Crippen molar-refractivity contribution in [3.8, 4) is 12.1 Å². The summed E-state index contributed by atoms with van der Waals surface area (Å²) in [5, 5.41) is 23.3. The topological polar surface area (TPSA) is 102 Å². The predicted molar refractivity (Wildman–Crippen MR) is 76.9 cm³/mol. The van der Waals surface area contributed by atoms with Crippen molar-refractivity contribution < 1.29 is 4.79 Å². The zero-order chi connectivity index (χ0) is 14.5. The SMILES string of the molecule is CC(=O)Nc1nc2ccc(NC=C(C#N)C#N)cc2s1. The van der Waals surface area contributed by atoms with Gasteiger partial charge in [0.05, 0.1) is 10.2 Å². The van der Waals surface area contributed by atoms with Gasteiger partial charge < -0.3 is 10.6 Å². The second-order valence-corrected chi connectivity index (χ2v) is 4.84. The van der Waals surface area contributed by atoms with Crippen molar-refractivity contribution in [2.45, 2.75) is 6.92 Å². The molecule has 6 nitrogen and oxygen atoms in total. The van der Waals surface area contributed by atoms with E-state index in [0.717, 1.165) is 15.9 Å². The number of hydrogen-bond acceptors (Lipinski definition) is 6. The summed E-state index contributed by atoms with van der Waals surface area (Å²) in [6.45, 7) is 1.43. The minimum Gasteiger partial charge on any atom is -0.360 e. The van der Waals surface area contributed by atoms with Crippen LogP contribution in [0.15, 0.2) is 30.0 Å². The van der Waals surface area contributed by atoms with Gasteiger partial charge in [-0.05, 0) is 18.2 Å². The number of nitrogens with one attached hydrogen (secondary N) is 2. The first kappa shape index (κ1) is 13.5. The maximum Gasteiger partial charge on any atom is 0.223 e. The van der Waals surface area contributed by atoms with Gasteiger partial charge in [-0.1, -0.05) is 11.3 Å². The number of hydrogen-bond donors (Lipinski definition) is 2. The maximum absolute atomic E-state index is 11.0. The lowest BCUT2D eigenvalue weighted by Crippen LogP contribution is -2.04. The van der Waals surface area contributed by atoms with Crippen LogP contribution in [0.1, 0.15) is 6.92 Å². The summed E-state index contributed by atoms with van der Waals surface area (Å²) in [6, 6.07) is 8.94. The Labute approximate surface area is 119 Å². The molecule has 2 rings (SSSR count). The molecule has 20 heavy (non-hydrogen) atoms. The van der Waals surface area contributed by atoms with Crippen LogP contribution < -0.4 is 10.6 Å².